The van der Waals surface area contributed by atoms with Gasteiger partial charge in [-0.3, -0.25) is 14.3 Å². The summed E-state index contributed by atoms with van der Waals surface area (Å²) in [5, 5.41) is 14.3. The summed E-state index contributed by atoms with van der Waals surface area (Å²) in [4.78, 5) is 60.9. The van der Waals surface area contributed by atoms with Crippen molar-refractivity contribution in [3.8, 4) is 0 Å². The van der Waals surface area contributed by atoms with Gasteiger partial charge >= 0.3 is 6.16 Å². The van der Waals surface area contributed by atoms with E-state index < -0.39 is 23.6 Å². The van der Waals surface area contributed by atoms with E-state index in [-0.39, 0.29) is 41.4 Å². The number of carbonyl (C=O) groups is 3. The van der Waals surface area contributed by atoms with Crippen molar-refractivity contribution >= 4 is 35.2 Å². The molecule has 41 heavy (non-hydrogen) atoms. The Balaban J connectivity index is 1.27. The molecule has 2 aliphatic rings. The number of hydrogen-bond acceptors (Lipinski definition) is 12. The number of aromatic nitrogens is 6. The van der Waals surface area contributed by atoms with Crippen molar-refractivity contribution in [2.45, 2.75) is 57.6 Å². The maximum Gasteiger partial charge on any atom is 0.528 e. The molecule has 1 saturated carbocycles. The lowest BCUT2D eigenvalue weighted by atomic mass is 10.2. The van der Waals surface area contributed by atoms with Crippen LogP contribution in [0.1, 0.15) is 72.6 Å². The first-order valence-electron chi connectivity index (χ1n) is 13.2. The molecule has 15 nitrogen and oxygen atoms in total. The number of anilines is 3. The quantitative estimate of drug-likeness (QED) is 0.341. The van der Waals surface area contributed by atoms with Gasteiger partial charge in [0.1, 0.15) is 17.6 Å². The summed E-state index contributed by atoms with van der Waals surface area (Å²) < 4.78 is 6.56. The summed E-state index contributed by atoms with van der Waals surface area (Å²) in [6.07, 6.45) is 9.28. The van der Waals surface area contributed by atoms with Gasteiger partial charge in [-0.1, -0.05) is 0 Å². The lowest BCUT2D eigenvalue weighted by Gasteiger charge is -2.21. The van der Waals surface area contributed by atoms with E-state index in [2.05, 4.69) is 41.0 Å². The summed E-state index contributed by atoms with van der Waals surface area (Å²) >= 11 is 0. The molecule has 1 aliphatic carbocycles. The minimum Gasteiger partial charge on any atom is -0.427 e. The number of hydroxylamine groups is 2. The SMILES string of the molecule is Cn1ncc(NC(=O)c2nc(C3CC3)cnc2Nc2cncnc2)c1C(=O)NC1CCN(OC(=O)OC(C)(C)C)C1. The number of ether oxygens (including phenoxy) is 1. The van der Waals surface area contributed by atoms with Crippen molar-refractivity contribution in [3.05, 3.63) is 48.2 Å². The van der Waals surface area contributed by atoms with Gasteiger partial charge in [-0.05, 0) is 40.0 Å². The molecule has 5 rings (SSSR count). The van der Waals surface area contributed by atoms with E-state index in [1.54, 1.807) is 46.4 Å². The van der Waals surface area contributed by atoms with Crippen molar-refractivity contribution in [1.29, 1.82) is 0 Å². The van der Waals surface area contributed by atoms with Gasteiger partial charge in [0.05, 0.1) is 48.4 Å². The Morgan fingerprint density at radius 2 is 1.78 bits per heavy atom. The number of carbonyl (C=O) groups excluding carboxylic acids is 3. The summed E-state index contributed by atoms with van der Waals surface area (Å²) in [6, 6.07) is -0.298. The third-order valence-electron chi connectivity index (χ3n) is 6.31. The molecule has 0 radical (unpaired) electrons. The van der Waals surface area contributed by atoms with Crippen molar-refractivity contribution < 1.29 is 24.0 Å². The van der Waals surface area contributed by atoms with Crippen LogP contribution in [-0.2, 0) is 16.6 Å². The molecule has 15 heteroatoms. The number of amides is 2. The summed E-state index contributed by atoms with van der Waals surface area (Å²) in [7, 11) is 1.60. The Bertz CT molecular complexity index is 1430. The van der Waals surface area contributed by atoms with Crippen LogP contribution in [0, 0.1) is 0 Å². The van der Waals surface area contributed by atoms with Crippen LogP contribution in [0.2, 0.25) is 0 Å². The Hall–Kier alpha value is -4.66. The lowest BCUT2D eigenvalue weighted by molar-refractivity contribution is -0.130. The lowest BCUT2D eigenvalue weighted by Crippen LogP contribution is -2.39. The maximum atomic E-state index is 13.5. The predicted octanol–water partition coefficient (Wildman–Crippen LogP) is 2.54. The fourth-order valence-electron chi connectivity index (χ4n) is 4.27. The van der Waals surface area contributed by atoms with Crippen LogP contribution in [0.4, 0.5) is 22.0 Å². The summed E-state index contributed by atoms with van der Waals surface area (Å²) in [6.45, 7) is 5.95. The molecule has 2 amide bonds. The van der Waals surface area contributed by atoms with Crippen LogP contribution in [0.25, 0.3) is 0 Å². The van der Waals surface area contributed by atoms with Gasteiger partial charge in [-0.2, -0.15) is 5.10 Å². The normalized spacial score (nSPS) is 17.1. The molecule has 0 aromatic carbocycles. The zero-order valence-corrected chi connectivity index (χ0v) is 23.2. The Kier molecular flexibility index (Phi) is 7.79. The van der Waals surface area contributed by atoms with Crippen LogP contribution in [0.3, 0.4) is 0 Å². The van der Waals surface area contributed by atoms with Gasteiger partial charge in [-0.25, -0.2) is 24.7 Å². The first-order chi connectivity index (χ1) is 19.6. The Labute approximate surface area is 236 Å². The van der Waals surface area contributed by atoms with Crippen LogP contribution >= 0.6 is 0 Å². The van der Waals surface area contributed by atoms with Gasteiger partial charge in [0, 0.05) is 25.6 Å². The van der Waals surface area contributed by atoms with E-state index in [1.165, 1.54) is 22.3 Å². The number of nitrogens with one attached hydrogen (secondary N) is 3. The van der Waals surface area contributed by atoms with Gasteiger partial charge < -0.3 is 25.5 Å². The predicted molar refractivity (Wildman–Crippen MR) is 145 cm³/mol. The number of nitrogens with zero attached hydrogens (tertiary/aromatic N) is 7. The smallest absolute Gasteiger partial charge is 0.427 e. The molecule has 1 aliphatic heterocycles. The highest BCUT2D eigenvalue weighted by atomic mass is 16.8. The Morgan fingerprint density at radius 3 is 2.49 bits per heavy atom. The molecular formula is C26H32N10O5. The van der Waals surface area contributed by atoms with Gasteiger partial charge in [-0.15, -0.1) is 5.06 Å². The number of aryl methyl sites for hydroxylation is 1. The molecule has 3 aromatic heterocycles. The van der Waals surface area contributed by atoms with Crippen LogP contribution in [0.15, 0.2) is 31.1 Å². The van der Waals surface area contributed by atoms with Gasteiger partial charge in [0.15, 0.2) is 11.5 Å². The minimum absolute atomic E-state index is 0.0687. The fraction of sp³-hybridized carbons (Fsp3) is 0.462. The van der Waals surface area contributed by atoms with Crippen molar-refractivity contribution in [2.24, 2.45) is 7.05 Å². The van der Waals surface area contributed by atoms with Crippen LogP contribution < -0.4 is 16.0 Å². The van der Waals surface area contributed by atoms with E-state index >= 15 is 0 Å². The van der Waals surface area contributed by atoms with Crippen molar-refractivity contribution in [3.63, 3.8) is 0 Å². The highest BCUT2D eigenvalue weighted by Crippen LogP contribution is 2.39. The highest BCUT2D eigenvalue weighted by Gasteiger charge is 2.31. The largest absolute Gasteiger partial charge is 0.528 e. The highest BCUT2D eigenvalue weighted by molar-refractivity contribution is 6.09. The van der Waals surface area contributed by atoms with E-state index in [0.29, 0.717) is 18.7 Å². The molecule has 1 saturated heterocycles. The van der Waals surface area contributed by atoms with Gasteiger partial charge in [0.25, 0.3) is 11.8 Å². The zero-order chi connectivity index (χ0) is 29.1. The van der Waals surface area contributed by atoms with E-state index in [9.17, 15) is 14.4 Å². The average molecular weight is 565 g/mol. The first kappa shape index (κ1) is 27.9. The minimum atomic E-state index is -0.802. The molecular weight excluding hydrogens is 532 g/mol. The van der Waals surface area contributed by atoms with Crippen LogP contribution in [0.5, 0.6) is 0 Å². The molecule has 3 N–H and O–H groups in total. The fourth-order valence-corrected chi connectivity index (χ4v) is 4.27. The molecule has 4 heterocycles. The van der Waals surface area contributed by atoms with Crippen LogP contribution in [-0.4, -0.2) is 77.5 Å². The average Bonchev–Trinajstić information content (AvgIpc) is 3.57. The van der Waals surface area contributed by atoms with Crippen molar-refractivity contribution in [2.75, 3.05) is 23.7 Å². The van der Waals surface area contributed by atoms with E-state index in [0.717, 1.165) is 18.5 Å². The molecule has 0 spiro atoms. The standard InChI is InChI=1S/C26H32N10O5/c1-26(2,3)40-25(39)41-36-8-7-16(13-36)32-24(38)21-19(12-30-35(21)4)34-23(37)20-22(31-17-9-27-14-28-10-17)29-11-18(33-20)15-5-6-15/h9-12,14-16H,5-8,13H2,1-4H3,(H,29,31)(H,32,38)(H,34,37). The summed E-state index contributed by atoms with van der Waals surface area (Å²) in [5.74, 6) is -0.498. The topological polar surface area (TPSA) is 178 Å². The Morgan fingerprint density at radius 1 is 1.02 bits per heavy atom. The first-order valence-corrected chi connectivity index (χ1v) is 13.2. The molecule has 0 bridgehead atoms. The second kappa shape index (κ2) is 11.4. The van der Waals surface area contributed by atoms with E-state index in [4.69, 9.17) is 9.57 Å². The van der Waals surface area contributed by atoms with E-state index in [1.807, 2.05) is 0 Å². The molecule has 1 atom stereocenters. The second-order valence-electron chi connectivity index (χ2n) is 10.9. The molecule has 1 unspecified atom stereocenters. The maximum absolute atomic E-state index is 13.5. The zero-order valence-electron chi connectivity index (χ0n) is 23.2. The number of rotatable bonds is 8. The monoisotopic (exact) mass is 564 g/mol. The molecule has 216 valence electrons. The van der Waals surface area contributed by atoms with Gasteiger partial charge in [0.2, 0.25) is 0 Å². The molecule has 2 fully saturated rings. The summed E-state index contributed by atoms with van der Waals surface area (Å²) in [5.41, 5.74) is 1.03. The van der Waals surface area contributed by atoms with Crippen molar-refractivity contribution in [1.82, 2.24) is 40.1 Å². The third-order valence-corrected chi connectivity index (χ3v) is 6.31. The third kappa shape index (κ3) is 7.11. The second-order valence-corrected chi connectivity index (χ2v) is 10.9. The molecule has 3 aromatic rings. The number of hydrogen-bond donors (Lipinski definition) is 3.